The molecule has 0 saturated carbocycles. The Kier molecular flexibility index (Phi) is 7.86. The minimum Gasteiger partial charge on any atom is -0.465 e. The summed E-state index contributed by atoms with van der Waals surface area (Å²) in [6.07, 6.45) is 0.972. The fourth-order valence-electron chi connectivity index (χ4n) is 2.47. The summed E-state index contributed by atoms with van der Waals surface area (Å²) in [4.78, 5) is 14.9. The van der Waals surface area contributed by atoms with Crippen molar-refractivity contribution in [2.75, 3.05) is 26.7 Å². The largest absolute Gasteiger partial charge is 0.465 e. The Balaban J connectivity index is 1.97. The number of carbonyl (C=O) groups excluding carboxylic acids is 1. The van der Waals surface area contributed by atoms with Crippen LogP contribution in [0.4, 0.5) is 0 Å². The zero-order valence-corrected chi connectivity index (χ0v) is 15.2. The lowest BCUT2D eigenvalue weighted by Gasteiger charge is -2.21. The molecular formula is C20H25NO2S. The molecule has 2 aromatic carbocycles. The second kappa shape index (κ2) is 10.2. The van der Waals surface area contributed by atoms with Crippen molar-refractivity contribution in [3.05, 3.63) is 66.2 Å². The molecule has 0 bridgehead atoms. The second-order valence-corrected chi connectivity index (χ2v) is 6.94. The van der Waals surface area contributed by atoms with E-state index in [4.69, 9.17) is 4.74 Å². The Morgan fingerprint density at radius 1 is 1.08 bits per heavy atom. The van der Waals surface area contributed by atoms with Gasteiger partial charge in [0.15, 0.2) is 0 Å². The van der Waals surface area contributed by atoms with Crippen molar-refractivity contribution >= 4 is 17.7 Å². The smallest absolute Gasteiger partial charge is 0.320 e. The van der Waals surface area contributed by atoms with Crippen LogP contribution in [0.3, 0.4) is 0 Å². The molecule has 0 aliphatic carbocycles. The number of nitrogens with zero attached hydrogens (tertiary/aromatic N) is 1. The lowest BCUT2D eigenvalue weighted by Crippen LogP contribution is -2.28. The van der Waals surface area contributed by atoms with Crippen molar-refractivity contribution in [3.63, 3.8) is 0 Å². The van der Waals surface area contributed by atoms with Gasteiger partial charge in [0.1, 0.15) is 0 Å². The first kappa shape index (κ1) is 18.6. The molecule has 0 aliphatic rings. The van der Waals surface area contributed by atoms with E-state index in [2.05, 4.69) is 48.5 Å². The highest BCUT2D eigenvalue weighted by Crippen LogP contribution is 2.37. The molecule has 128 valence electrons. The Morgan fingerprint density at radius 3 is 2.33 bits per heavy atom. The molecule has 1 unspecified atom stereocenters. The fraction of sp³-hybridized carbons (Fsp3) is 0.350. The van der Waals surface area contributed by atoms with Crippen molar-refractivity contribution in [2.45, 2.75) is 23.5 Å². The highest BCUT2D eigenvalue weighted by molar-refractivity contribution is 7.99. The Bertz CT molecular complexity index is 604. The van der Waals surface area contributed by atoms with Crippen LogP contribution in [-0.4, -0.2) is 37.6 Å². The molecule has 2 rings (SSSR count). The van der Waals surface area contributed by atoms with Gasteiger partial charge in [0.2, 0.25) is 0 Å². The van der Waals surface area contributed by atoms with Crippen LogP contribution in [0.5, 0.6) is 0 Å². The molecule has 2 aromatic rings. The van der Waals surface area contributed by atoms with Crippen molar-refractivity contribution in [3.8, 4) is 0 Å². The maximum absolute atomic E-state index is 11.6. The third kappa shape index (κ3) is 6.38. The summed E-state index contributed by atoms with van der Waals surface area (Å²) in [6, 6.07) is 21.0. The van der Waals surface area contributed by atoms with Crippen LogP contribution in [0.25, 0.3) is 0 Å². The van der Waals surface area contributed by atoms with E-state index in [9.17, 15) is 4.79 Å². The summed E-state index contributed by atoms with van der Waals surface area (Å²) in [6.45, 7) is 3.45. The summed E-state index contributed by atoms with van der Waals surface area (Å²) in [5, 5.41) is 0.359. The zero-order chi connectivity index (χ0) is 17.2. The summed E-state index contributed by atoms with van der Waals surface area (Å²) in [5.41, 5.74) is 1.32. The van der Waals surface area contributed by atoms with Crippen LogP contribution in [0, 0.1) is 0 Å². The van der Waals surface area contributed by atoms with Crippen LogP contribution in [0.15, 0.2) is 65.6 Å². The molecule has 24 heavy (non-hydrogen) atoms. The van der Waals surface area contributed by atoms with Crippen molar-refractivity contribution in [1.29, 1.82) is 0 Å². The van der Waals surface area contributed by atoms with E-state index in [-0.39, 0.29) is 5.97 Å². The van der Waals surface area contributed by atoms with Crippen LogP contribution in [0.1, 0.15) is 24.2 Å². The SMILES string of the molecule is CCOC(=O)CN(C)CCC(Sc1ccccc1)c1ccccc1. The molecule has 0 saturated heterocycles. The van der Waals surface area contributed by atoms with Crippen molar-refractivity contribution in [1.82, 2.24) is 4.90 Å². The Morgan fingerprint density at radius 2 is 1.71 bits per heavy atom. The van der Waals surface area contributed by atoms with Crippen LogP contribution < -0.4 is 0 Å². The molecule has 0 aliphatic heterocycles. The van der Waals surface area contributed by atoms with Gasteiger partial charge in [-0.25, -0.2) is 0 Å². The number of thioether (sulfide) groups is 1. The molecule has 4 heteroatoms. The first-order chi connectivity index (χ1) is 11.7. The van der Waals surface area contributed by atoms with Crippen molar-refractivity contribution < 1.29 is 9.53 Å². The topological polar surface area (TPSA) is 29.5 Å². The molecule has 0 amide bonds. The van der Waals surface area contributed by atoms with E-state index >= 15 is 0 Å². The molecule has 0 radical (unpaired) electrons. The molecular weight excluding hydrogens is 318 g/mol. The highest BCUT2D eigenvalue weighted by Gasteiger charge is 2.15. The number of rotatable bonds is 9. The summed E-state index contributed by atoms with van der Waals surface area (Å²) in [7, 11) is 1.96. The standard InChI is InChI=1S/C20H25NO2S/c1-3-23-20(22)16-21(2)15-14-19(17-10-6-4-7-11-17)24-18-12-8-5-9-13-18/h4-13,19H,3,14-16H2,1-2H3. The van der Waals surface area contributed by atoms with E-state index in [1.165, 1.54) is 10.5 Å². The van der Waals surface area contributed by atoms with Gasteiger partial charge in [-0.05, 0) is 44.6 Å². The molecule has 0 N–H and O–H groups in total. The minimum atomic E-state index is -0.160. The fourth-order valence-corrected chi connectivity index (χ4v) is 3.63. The second-order valence-electron chi connectivity index (χ2n) is 5.66. The van der Waals surface area contributed by atoms with Gasteiger partial charge in [-0.1, -0.05) is 48.5 Å². The van der Waals surface area contributed by atoms with Gasteiger partial charge in [0.05, 0.1) is 13.2 Å². The first-order valence-corrected chi connectivity index (χ1v) is 9.18. The monoisotopic (exact) mass is 343 g/mol. The molecule has 0 aromatic heterocycles. The molecule has 3 nitrogen and oxygen atoms in total. The average Bonchev–Trinajstić information content (AvgIpc) is 2.60. The molecule has 0 fully saturated rings. The number of carbonyl (C=O) groups is 1. The predicted molar refractivity (Wildman–Crippen MR) is 100 cm³/mol. The normalized spacial score (nSPS) is 12.1. The lowest BCUT2D eigenvalue weighted by molar-refractivity contribution is -0.144. The summed E-state index contributed by atoms with van der Waals surface area (Å²) in [5.74, 6) is -0.160. The number of hydrogen-bond donors (Lipinski definition) is 0. The van der Waals surface area contributed by atoms with Gasteiger partial charge in [0, 0.05) is 10.1 Å². The first-order valence-electron chi connectivity index (χ1n) is 8.30. The lowest BCUT2D eigenvalue weighted by atomic mass is 10.1. The number of hydrogen-bond acceptors (Lipinski definition) is 4. The number of benzene rings is 2. The molecule has 0 heterocycles. The van der Waals surface area contributed by atoms with Gasteiger partial charge >= 0.3 is 5.97 Å². The summed E-state index contributed by atoms with van der Waals surface area (Å²) < 4.78 is 5.01. The summed E-state index contributed by atoms with van der Waals surface area (Å²) >= 11 is 1.87. The Hall–Kier alpha value is -1.78. The third-order valence-electron chi connectivity index (χ3n) is 3.67. The highest BCUT2D eigenvalue weighted by atomic mass is 32.2. The van der Waals surface area contributed by atoms with E-state index < -0.39 is 0 Å². The average molecular weight is 343 g/mol. The maximum Gasteiger partial charge on any atom is 0.320 e. The third-order valence-corrected chi connectivity index (χ3v) is 5.01. The minimum absolute atomic E-state index is 0.160. The zero-order valence-electron chi connectivity index (χ0n) is 14.4. The van der Waals surface area contributed by atoms with Crippen LogP contribution >= 0.6 is 11.8 Å². The van der Waals surface area contributed by atoms with Gasteiger partial charge < -0.3 is 4.74 Å². The molecule has 0 spiro atoms. The van der Waals surface area contributed by atoms with E-state index in [1.54, 1.807) is 0 Å². The maximum atomic E-state index is 11.6. The van der Waals surface area contributed by atoms with Gasteiger partial charge in [-0.2, -0.15) is 0 Å². The van der Waals surface area contributed by atoms with Crippen molar-refractivity contribution in [2.24, 2.45) is 0 Å². The Labute approximate surface area is 149 Å². The van der Waals surface area contributed by atoms with Crippen LogP contribution in [-0.2, 0) is 9.53 Å². The number of likely N-dealkylation sites (N-methyl/N-ethyl adjacent to an activating group) is 1. The molecule has 1 atom stereocenters. The quantitative estimate of drug-likeness (QED) is 0.498. The van der Waals surface area contributed by atoms with E-state index in [0.29, 0.717) is 18.4 Å². The van der Waals surface area contributed by atoms with Gasteiger partial charge in [-0.3, -0.25) is 9.69 Å². The van der Waals surface area contributed by atoms with E-state index in [0.717, 1.165) is 13.0 Å². The number of esters is 1. The van der Waals surface area contributed by atoms with E-state index in [1.807, 2.05) is 42.8 Å². The predicted octanol–water partition coefficient (Wildman–Crippen LogP) is 4.41. The van der Waals surface area contributed by atoms with Crippen LogP contribution in [0.2, 0.25) is 0 Å². The van der Waals surface area contributed by atoms with Gasteiger partial charge in [-0.15, -0.1) is 11.8 Å². The number of ether oxygens (including phenoxy) is 1. The van der Waals surface area contributed by atoms with Gasteiger partial charge in [0.25, 0.3) is 0 Å².